The molecular formula is C17H17ClFN5O. The van der Waals surface area contributed by atoms with Gasteiger partial charge in [-0.15, -0.1) is 0 Å². The maximum absolute atomic E-state index is 13.2. The van der Waals surface area contributed by atoms with Crippen molar-refractivity contribution >= 4 is 17.5 Å². The topological polar surface area (TPSA) is 75.6 Å². The van der Waals surface area contributed by atoms with Gasteiger partial charge in [0.05, 0.1) is 16.9 Å². The number of hydrogen-bond acceptors (Lipinski definition) is 4. The molecule has 0 amide bonds. The Kier molecular flexibility index (Phi) is 5.14. The van der Waals surface area contributed by atoms with Gasteiger partial charge in [-0.1, -0.05) is 30.7 Å². The maximum atomic E-state index is 13.2. The normalized spacial score (nSPS) is 12.1. The minimum absolute atomic E-state index is 0.0343. The lowest BCUT2D eigenvalue weighted by Crippen LogP contribution is -2.17. The van der Waals surface area contributed by atoms with Crippen LogP contribution >= 0.6 is 11.6 Å². The van der Waals surface area contributed by atoms with E-state index in [0.717, 1.165) is 5.56 Å². The summed E-state index contributed by atoms with van der Waals surface area (Å²) < 4.78 is 14.9. The highest BCUT2D eigenvalue weighted by Gasteiger charge is 2.11. The second kappa shape index (κ2) is 7.48. The zero-order valence-corrected chi connectivity index (χ0v) is 14.3. The molecule has 3 rings (SSSR count). The van der Waals surface area contributed by atoms with Gasteiger partial charge in [0.1, 0.15) is 5.82 Å². The average Bonchev–Trinajstić information content (AvgIpc) is 2.97. The molecule has 0 unspecified atom stereocenters. The van der Waals surface area contributed by atoms with E-state index < -0.39 is 0 Å². The number of rotatable bonds is 6. The van der Waals surface area contributed by atoms with Crippen LogP contribution in [0.3, 0.4) is 0 Å². The maximum Gasteiger partial charge on any atom is 0.252 e. The molecule has 1 aromatic carbocycles. The largest absolute Gasteiger partial charge is 0.352 e. The second-order valence-electron chi connectivity index (χ2n) is 5.78. The number of aromatic nitrogens is 4. The molecule has 2 aromatic heterocycles. The molecule has 130 valence electrons. The molecule has 0 fully saturated rings. The number of hydrogen-bond donors (Lipinski definition) is 2. The van der Waals surface area contributed by atoms with Gasteiger partial charge >= 0.3 is 0 Å². The Labute approximate surface area is 148 Å². The third-order valence-electron chi connectivity index (χ3n) is 3.68. The molecule has 1 atom stereocenters. The van der Waals surface area contributed by atoms with Crippen LogP contribution in [0.15, 0.2) is 47.5 Å². The Hall–Kier alpha value is -2.67. The molecule has 6 nitrogen and oxygen atoms in total. The highest BCUT2D eigenvalue weighted by molar-refractivity contribution is 6.30. The number of halogens is 2. The number of H-pyrrole nitrogens is 1. The van der Waals surface area contributed by atoms with E-state index in [1.54, 1.807) is 29.2 Å². The van der Waals surface area contributed by atoms with Crippen LogP contribution in [-0.4, -0.2) is 19.7 Å². The third kappa shape index (κ3) is 4.67. The lowest BCUT2D eigenvalue weighted by molar-refractivity contribution is 0.533. The summed E-state index contributed by atoms with van der Waals surface area (Å²) in [5, 5.41) is 7.70. The monoisotopic (exact) mass is 361 g/mol. The minimum atomic E-state index is -0.305. The Balaban J connectivity index is 1.72. The van der Waals surface area contributed by atoms with E-state index in [1.807, 2.05) is 6.92 Å². The summed E-state index contributed by atoms with van der Waals surface area (Å²) in [5.74, 6) is 0.00565. The summed E-state index contributed by atoms with van der Waals surface area (Å²) in [6.45, 7) is 2.85. The zero-order valence-electron chi connectivity index (χ0n) is 13.5. The van der Waals surface area contributed by atoms with Crippen LogP contribution < -0.4 is 10.9 Å². The Morgan fingerprint density at radius 1 is 1.40 bits per heavy atom. The molecule has 2 N–H and O–H groups in total. The molecule has 8 heteroatoms. The molecule has 0 aliphatic rings. The first-order chi connectivity index (χ1) is 12.0. The molecule has 0 bridgehead atoms. The van der Waals surface area contributed by atoms with E-state index in [0.29, 0.717) is 29.8 Å². The van der Waals surface area contributed by atoms with Crippen molar-refractivity contribution in [2.24, 2.45) is 0 Å². The van der Waals surface area contributed by atoms with E-state index in [-0.39, 0.29) is 17.3 Å². The zero-order chi connectivity index (χ0) is 17.8. The summed E-state index contributed by atoms with van der Waals surface area (Å²) in [5.41, 5.74) is 1.14. The van der Waals surface area contributed by atoms with E-state index in [9.17, 15) is 9.18 Å². The van der Waals surface area contributed by atoms with Crippen molar-refractivity contribution in [3.63, 3.8) is 0 Å². The van der Waals surface area contributed by atoms with Gasteiger partial charge in [-0.2, -0.15) is 5.10 Å². The molecule has 0 aliphatic heterocycles. The molecule has 0 radical (unpaired) electrons. The van der Waals surface area contributed by atoms with Crippen LogP contribution in [0.25, 0.3) is 0 Å². The fraction of sp³-hybridized carbons (Fsp3) is 0.235. The molecule has 0 saturated carbocycles. The summed E-state index contributed by atoms with van der Waals surface area (Å²) in [6.07, 6.45) is 3.28. The van der Waals surface area contributed by atoms with Crippen LogP contribution in [-0.2, 0) is 13.1 Å². The standard InChI is InChI=1S/C17H17ClFN5O/c1-11(9-24-10-13(18)8-21-24)15-6-16(25)23-17(22-15)20-7-12-3-2-4-14(19)5-12/h2-6,8,10-11H,7,9H2,1H3,(H2,20,22,23,25)/t11-/m1/s1. The Morgan fingerprint density at radius 3 is 2.96 bits per heavy atom. The summed E-state index contributed by atoms with van der Waals surface area (Å²) in [4.78, 5) is 19.0. The smallest absolute Gasteiger partial charge is 0.252 e. The van der Waals surface area contributed by atoms with Gasteiger partial charge in [-0.25, -0.2) is 9.37 Å². The van der Waals surface area contributed by atoms with Crippen molar-refractivity contribution in [3.8, 4) is 0 Å². The van der Waals surface area contributed by atoms with Crippen LogP contribution in [0.1, 0.15) is 24.1 Å². The summed E-state index contributed by atoms with van der Waals surface area (Å²) in [7, 11) is 0. The second-order valence-corrected chi connectivity index (χ2v) is 6.22. The van der Waals surface area contributed by atoms with Gasteiger partial charge < -0.3 is 5.32 Å². The third-order valence-corrected chi connectivity index (χ3v) is 3.87. The molecule has 3 aromatic rings. The van der Waals surface area contributed by atoms with Crippen LogP contribution in [0, 0.1) is 5.82 Å². The van der Waals surface area contributed by atoms with Gasteiger partial charge in [0, 0.05) is 31.3 Å². The first kappa shape index (κ1) is 17.2. The first-order valence-electron chi connectivity index (χ1n) is 7.77. The van der Waals surface area contributed by atoms with E-state index in [1.165, 1.54) is 18.2 Å². The predicted octanol–water partition coefficient (Wildman–Crippen LogP) is 3.17. The lowest BCUT2D eigenvalue weighted by atomic mass is 10.1. The van der Waals surface area contributed by atoms with Gasteiger partial charge in [-0.3, -0.25) is 14.5 Å². The Morgan fingerprint density at radius 2 is 2.24 bits per heavy atom. The highest BCUT2D eigenvalue weighted by atomic mass is 35.5. The fourth-order valence-electron chi connectivity index (χ4n) is 2.46. The van der Waals surface area contributed by atoms with Crippen molar-refractivity contribution in [3.05, 3.63) is 75.2 Å². The van der Waals surface area contributed by atoms with Crippen molar-refractivity contribution in [1.82, 2.24) is 19.7 Å². The molecule has 2 heterocycles. The van der Waals surface area contributed by atoms with Crippen molar-refractivity contribution < 1.29 is 4.39 Å². The van der Waals surface area contributed by atoms with Gasteiger partial charge in [0.15, 0.2) is 0 Å². The lowest BCUT2D eigenvalue weighted by Gasteiger charge is -2.13. The van der Waals surface area contributed by atoms with Crippen LogP contribution in [0.5, 0.6) is 0 Å². The fourth-order valence-corrected chi connectivity index (χ4v) is 2.61. The molecule has 25 heavy (non-hydrogen) atoms. The number of aromatic amines is 1. The Bertz CT molecular complexity index is 923. The van der Waals surface area contributed by atoms with Crippen LogP contribution in [0.2, 0.25) is 5.02 Å². The molecule has 0 spiro atoms. The molecule has 0 aliphatic carbocycles. The van der Waals surface area contributed by atoms with Crippen molar-refractivity contribution in [2.75, 3.05) is 5.32 Å². The van der Waals surface area contributed by atoms with E-state index in [4.69, 9.17) is 11.6 Å². The highest BCUT2D eigenvalue weighted by Crippen LogP contribution is 2.16. The quantitative estimate of drug-likeness (QED) is 0.707. The van der Waals surface area contributed by atoms with Crippen LogP contribution in [0.4, 0.5) is 10.3 Å². The summed E-state index contributed by atoms with van der Waals surface area (Å²) in [6, 6.07) is 7.70. The van der Waals surface area contributed by atoms with Gasteiger partial charge in [-0.05, 0) is 17.7 Å². The summed E-state index contributed by atoms with van der Waals surface area (Å²) >= 11 is 5.86. The average molecular weight is 362 g/mol. The van der Waals surface area contributed by atoms with Crippen molar-refractivity contribution in [1.29, 1.82) is 0 Å². The minimum Gasteiger partial charge on any atom is -0.352 e. The molecular weight excluding hydrogens is 345 g/mol. The van der Waals surface area contributed by atoms with Gasteiger partial charge in [0.25, 0.3) is 5.56 Å². The van der Waals surface area contributed by atoms with E-state index in [2.05, 4.69) is 20.4 Å². The number of anilines is 1. The van der Waals surface area contributed by atoms with E-state index >= 15 is 0 Å². The first-order valence-corrected chi connectivity index (χ1v) is 8.15. The van der Waals surface area contributed by atoms with Crippen molar-refractivity contribution in [2.45, 2.75) is 25.9 Å². The SMILES string of the molecule is C[C@H](Cn1cc(Cl)cn1)c1cc(=O)[nH]c(NCc2cccc(F)c2)n1. The number of nitrogens with zero attached hydrogens (tertiary/aromatic N) is 3. The molecule has 0 saturated heterocycles. The number of benzene rings is 1. The van der Waals surface area contributed by atoms with Gasteiger partial charge in [0.2, 0.25) is 5.95 Å². The number of nitrogens with one attached hydrogen (secondary N) is 2. The predicted molar refractivity (Wildman–Crippen MR) is 94.2 cm³/mol.